The third kappa shape index (κ3) is 16.3. The van der Waals surface area contributed by atoms with Gasteiger partial charge in [-0.3, -0.25) is 0 Å². The maximum Gasteiger partial charge on any atom is -0.00187 e. The van der Waals surface area contributed by atoms with Crippen LogP contribution in [-0.4, -0.2) is 31.1 Å². The Morgan fingerprint density at radius 1 is 0.500 bits per heavy atom. The number of unbranched alkanes of at least 4 members (excludes halogenated alkanes) is 11. The van der Waals surface area contributed by atoms with Gasteiger partial charge in [-0.15, -0.1) is 0 Å². The van der Waals surface area contributed by atoms with Gasteiger partial charge in [-0.2, -0.15) is 0 Å². The van der Waals surface area contributed by atoms with Crippen molar-refractivity contribution in [2.24, 2.45) is 5.73 Å². The van der Waals surface area contributed by atoms with Crippen molar-refractivity contribution in [3.8, 4) is 0 Å². The lowest BCUT2D eigenvalue weighted by Crippen LogP contribution is -2.27. The van der Waals surface area contributed by atoms with E-state index in [9.17, 15) is 0 Å². The van der Waals surface area contributed by atoms with Crippen LogP contribution in [0.1, 0.15) is 104 Å². The maximum absolute atomic E-state index is 5.51. The molecule has 0 atom stereocenters. The first-order valence-electron chi connectivity index (χ1n) is 10.3. The first-order valence-corrected chi connectivity index (χ1v) is 10.3. The molecule has 2 heteroatoms. The van der Waals surface area contributed by atoms with Gasteiger partial charge in [-0.25, -0.2) is 0 Å². The summed E-state index contributed by atoms with van der Waals surface area (Å²) < 4.78 is 0. The fourth-order valence-corrected chi connectivity index (χ4v) is 2.99. The van der Waals surface area contributed by atoms with Gasteiger partial charge < -0.3 is 10.6 Å². The number of nitrogens with zero attached hydrogens (tertiary/aromatic N) is 1. The topological polar surface area (TPSA) is 29.3 Å². The lowest BCUT2D eigenvalue weighted by Gasteiger charge is -2.21. The molecule has 0 heterocycles. The molecule has 0 fully saturated rings. The van der Waals surface area contributed by atoms with Gasteiger partial charge in [0.2, 0.25) is 0 Å². The van der Waals surface area contributed by atoms with Crippen LogP contribution in [0.15, 0.2) is 0 Å². The molecule has 0 radical (unpaired) electrons. The lowest BCUT2D eigenvalue weighted by molar-refractivity contribution is 0.259. The van der Waals surface area contributed by atoms with E-state index in [1.807, 2.05) is 0 Å². The van der Waals surface area contributed by atoms with Gasteiger partial charge >= 0.3 is 0 Å². The van der Waals surface area contributed by atoms with Crippen LogP contribution in [0.5, 0.6) is 0 Å². The molecule has 0 amide bonds. The first-order chi connectivity index (χ1) is 10.8. The molecule has 134 valence electrons. The molecule has 0 rings (SSSR count). The summed E-state index contributed by atoms with van der Waals surface area (Å²) in [6.07, 6.45) is 19.4. The third-order valence-electron chi connectivity index (χ3n) is 4.58. The first kappa shape index (κ1) is 21.9. The van der Waals surface area contributed by atoms with Crippen molar-refractivity contribution in [1.29, 1.82) is 0 Å². The van der Waals surface area contributed by atoms with E-state index >= 15 is 0 Å². The predicted molar refractivity (Wildman–Crippen MR) is 101 cm³/mol. The lowest BCUT2D eigenvalue weighted by atomic mass is 10.1. The molecule has 0 saturated heterocycles. The fraction of sp³-hybridized carbons (Fsp3) is 1.00. The second kappa shape index (κ2) is 19.0. The van der Waals surface area contributed by atoms with Crippen LogP contribution in [0.4, 0.5) is 0 Å². The largest absolute Gasteiger partial charge is 0.330 e. The van der Waals surface area contributed by atoms with Crippen LogP contribution < -0.4 is 5.73 Å². The Bertz CT molecular complexity index is 186. The van der Waals surface area contributed by atoms with Crippen LogP contribution in [0, 0.1) is 0 Å². The Morgan fingerprint density at radius 2 is 0.864 bits per heavy atom. The normalized spacial score (nSPS) is 11.5. The van der Waals surface area contributed by atoms with Gasteiger partial charge in [0.05, 0.1) is 0 Å². The summed E-state index contributed by atoms with van der Waals surface area (Å²) >= 11 is 0. The Hall–Kier alpha value is -0.0800. The smallest absolute Gasteiger partial charge is 0.00187 e. The highest BCUT2D eigenvalue weighted by molar-refractivity contribution is 4.58. The molecule has 2 nitrogen and oxygen atoms in total. The molecule has 0 aromatic rings. The highest BCUT2D eigenvalue weighted by Gasteiger charge is 2.03. The highest BCUT2D eigenvalue weighted by atomic mass is 15.1. The summed E-state index contributed by atoms with van der Waals surface area (Å²) in [5.74, 6) is 0. The van der Waals surface area contributed by atoms with Gasteiger partial charge in [-0.05, 0) is 51.9 Å². The van der Waals surface area contributed by atoms with Crippen LogP contribution in [0.3, 0.4) is 0 Å². The van der Waals surface area contributed by atoms with Crippen molar-refractivity contribution < 1.29 is 0 Å². The summed E-state index contributed by atoms with van der Waals surface area (Å²) in [5.41, 5.74) is 5.51. The highest BCUT2D eigenvalue weighted by Crippen LogP contribution is 2.11. The Morgan fingerprint density at radius 3 is 1.27 bits per heavy atom. The second-order valence-electron chi connectivity index (χ2n) is 6.87. The zero-order valence-corrected chi connectivity index (χ0v) is 15.8. The molecule has 0 aliphatic rings. The van der Waals surface area contributed by atoms with E-state index in [1.54, 1.807) is 0 Å². The number of nitrogens with two attached hydrogens (primary N) is 1. The zero-order valence-electron chi connectivity index (χ0n) is 15.8. The predicted octanol–water partition coefficient (Wildman–Crippen LogP) is 5.75. The SMILES string of the molecule is CCCCN(CCCC)CCCCCCCCCCCCN. The molecular weight excluding hydrogens is 268 g/mol. The second-order valence-corrected chi connectivity index (χ2v) is 6.87. The van der Waals surface area contributed by atoms with Crippen molar-refractivity contribution in [3.05, 3.63) is 0 Å². The van der Waals surface area contributed by atoms with Gasteiger partial charge in [0.1, 0.15) is 0 Å². The third-order valence-corrected chi connectivity index (χ3v) is 4.58. The van der Waals surface area contributed by atoms with Crippen LogP contribution in [-0.2, 0) is 0 Å². The number of hydrogen-bond donors (Lipinski definition) is 1. The Kier molecular flexibility index (Phi) is 18.9. The summed E-state index contributed by atoms with van der Waals surface area (Å²) in [5, 5.41) is 0. The molecule has 0 aliphatic heterocycles. The average molecular weight is 313 g/mol. The minimum absolute atomic E-state index is 0.869. The number of rotatable bonds is 18. The Balaban J connectivity index is 3.33. The quantitative estimate of drug-likeness (QED) is 0.327. The van der Waals surface area contributed by atoms with E-state index in [2.05, 4.69) is 18.7 Å². The maximum atomic E-state index is 5.51. The minimum atomic E-state index is 0.869. The number of hydrogen-bond acceptors (Lipinski definition) is 2. The Labute approximate surface area is 141 Å². The van der Waals surface area contributed by atoms with Crippen molar-refractivity contribution >= 4 is 0 Å². The van der Waals surface area contributed by atoms with Crippen molar-refractivity contribution in [3.63, 3.8) is 0 Å². The van der Waals surface area contributed by atoms with E-state index in [1.165, 1.54) is 110 Å². The van der Waals surface area contributed by atoms with Crippen molar-refractivity contribution in [1.82, 2.24) is 4.90 Å². The van der Waals surface area contributed by atoms with Gasteiger partial charge in [0, 0.05) is 0 Å². The summed E-state index contributed by atoms with van der Waals surface area (Å²) in [6, 6.07) is 0. The molecule has 22 heavy (non-hydrogen) atoms. The molecule has 0 aliphatic carbocycles. The van der Waals surface area contributed by atoms with E-state index in [0.717, 1.165) is 6.54 Å². The van der Waals surface area contributed by atoms with Crippen LogP contribution in [0.25, 0.3) is 0 Å². The van der Waals surface area contributed by atoms with Crippen molar-refractivity contribution in [2.75, 3.05) is 26.2 Å². The molecule has 0 bridgehead atoms. The van der Waals surface area contributed by atoms with E-state index in [4.69, 9.17) is 5.73 Å². The van der Waals surface area contributed by atoms with Gasteiger partial charge in [-0.1, -0.05) is 78.1 Å². The molecule has 0 spiro atoms. The monoisotopic (exact) mass is 312 g/mol. The fourth-order valence-electron chi connectivity index (χ4n) is 2.99. The molecule has 0 aromatic carbocycles. The summed E-state index contributed by atoms with van der Waals surface area (Å²) in [6.45, 7) is 9.44. The van der Waals surface area contributed by atoms with Crippen LogP contribution in [0.2, 0.25) is 0 Å². The van der Waals surface area contributed by atoms with E-state index < -0.39 is 0 Å². The summed E-state index contributed by atoms with van der Waals surface area (Å²) in [4.78, 5) is 2.70. The van der Waals surface area contributed by atoms with Gasteiger partial charge in [0.15, 0.2) is 0 Å². The molecule has 2 N–H and O–H groups in total. The summed E-state index contributed by atoms with van der Waals surface area (Å²) in [7, 11) is 0. The average Bonchev–Trinajstić information content (AvgIpc) is 2.54. The molecule has 0 aromatic heterocycles. The van der Waals surface area contributed by atoms with Gasteiger partial charge in [0.25, 0.3) is 0 Å². The minimum Gasteiger partial charge on any atom is -0.330 e. The molecule has 0 unspecified atom stereocenters. The molecular formula is C20H44N2. The van der Waals surface area contributed by atoms with E-state index in [-0.39, 0.29) is 0 Å². The van der Waals surface area contributed by atoms with Crippen molar-refractivity contribution in [2.45, 2.75) is 104 Å². The molecule has 0 saturated carbocycles. The van der Waals surface area contributed by atoms with Crippen LogP contribution >= 0.6 is 0 Å². The van der Waals surface area contributed by atoms with E-state index in [0.29, 0.717) is 0 Å². The standard InChI is InChI=1S/C20H44N2/c1-3-5-18-22(19-6-4-2)20-16-14-12-10-8-7-9-11-13-15-17-21/h3-21H2,1-2H3. The zero-order chi connectivity index (χ0) is 16.3.